The van der Waals surface area contributed by atoms with Gasteiger partial charge in [0, 0.05) is 23.8 Å². The van der Waals surface area contributed by atoms with Crippen LogP contribution in [0.4, 0.5) is 23.0 Å². The minimum absolute atomic E-state index is 0.413. The topological polar surface area (TPSA) is 55.0 Å². The second-order valence-corrected chi connectivity index (χ2v) is 6.29. The van der Waals surface area contributed by atoms with Crippen molar-refractivity contribution < 1.29 is 0 Å². The number of rotatable bonds is 3. The molecule has 1 heterocycles. The van der Waals surface area contributed by atoms with Crippen molar-refractivity contribution in [1.82, 2.24) is 9.97 Å². The molecule has 0 bridgehead atoms. The highest BCUT2D eigenvalue weighted by Gasteiger charge is 2.18. The molecule has 24 heavy (non-hydrogen) atoms. The van der Waals surface area contributed by atoms with Crippen LogP contribution in [0.15, 0.2) is 48.8 Å². The summed E-state index contributed by atoms with van der Waals surface area (Å²) in [5.74, 6) is 1.06. The van der Waals surface area contributed by atoms with E-state index in [1.807, 2.05) is 0 Å². The van der Waals surface area contributed by atoms with E-state index in [2.05, 4.69) is 79.0 Å². The molecule has 0 spiro atoms. The molecular weight excluding hydrogens is 296 g/mol. The zero-order valence-electron chi connectivity index (χ0n) is 14.5. The monoisotopic (exact) mass is 318 g/mol. The molecule has 1 aromatic heterocycles. The Labute approximate surface area is 143 Å². The molecule has 0 fully saturated rings. The average Bonchev–Trinajstić information content (AvgIpc) is 2.47. The number of anilines is 4. The van der Waals surface area contributed by atoms with Gasteiger partial charge in [-0.05, 0) is 74.2 Å². The van der Waals surface area contributed by atoms with Gasteiger partial charge in [0.25, 0.3) is 0 Å². The number of aryl methyl sites for hydroxylation is 4. The Morgan fingerprint density at radius 3 is 1.50 bits per heavy atom. The number of hydrogen-bond acceptors (Lipinski definition) is 4. The molecule has 3 aromatic rings. The third-order valence-corrected chi connectivity index (χ3v) is 3.85. The van der Waals surface area contributed by atoms with E-state index in [-0.39, 0.29) is 0 Å². The molecule has 4 nitrogen and oxygen atoms in total. The first-order valence-electron chi connectivity index (χ1n) is 7.97. The molecule has 0 saturated heterocycles. The molecule has 4 heteroatoms. The minimum atomic E-state index is 0.413. The van der Waals surface area contributed by atoms with Crippen LogP contribution in [0.5, 0.6) is 0 Å². The first-order valence-corrected chi connectivity index (χ1v) is 7.97. The van der Waals surface area contributed by atoms with Crippen molar-refractivity contribution in [1.29, 1.82) is 0 Å². The molecule has 3 rings (SSSR count). The summed E-state index contributed by atoms with van der Waals surface area (Å²) >= 11 is 0. The fourth-order valence-electron chi connectivity index (χ4n) is 3.07. The van der Waals surface area contributed by atoms with Gasteiger partial charge in [-0.3, -0.25) is 4.90 Å². The van der Waals surface area contributed by atoms with Gasteiger partial charge in [0.05, 0.1) is 0 Å². The molecule has 0 aliphatic rings. The number of nitrogens with zero attached hydrogens (tertiary/aromatic N) is 3. The molecule has 0 amide bonds. The molecule has 0 aliphatic carbocycles. The van der Waals surface area contributed by atoms with Crippen LogP contribution in [-0.4, -0.2) is 9.97 Å². The Hall–Kier alpha value is -2.88. The number of nitrogens with two attached hydrogens (primary N) is 1. The quantitative estimate of drug-likeness (QED) is 0.756. The summed E-state index contributed by atoms with van der Waals surface area (Å²) in [6.45, 7) is 8.37. The van der Waals surface area contributed by atoms with Crippen molar-refractivity contribution >= 4 is 23.0 Å². The molecular formula is C20H22N4. The first-order chi connectivity index (χ1) is 11.4. The van der Waals surface area contributed by atoms with Gasteiger partial charge in [0.1, 0.15) is 0 Å². The summed E-state index contributed by atoms with van der Waals surface area (Å²) in [5.41, 5.74) is 13.0. The largest absolute Gasteiger partial charge is 0.381 e. The van der Waals surface area contributed by atoms with Crippen LogP contribution in [0.3, 0.4) is 0 Å². The lowest BCUT2D eigenvalue weighted by atomic mass is 10.1. The molecule has 0 radical (unpaired) electrons. The summed E-state index contributed by atoms with van der Waals surface area (Å²) < 4.78 is 0. The summed E-state index contributed by atoms with van der Waals surface area (Å²) in [7, 11) is 0. The van der Waals surface area contributed by atoms with Crippen LogP contribution in [0.1, 0.15) is 22.3 Å². The number of benzene rings is 2. The van der Waals surface area contributed by atoms with E-state index in [0.717, 1.165) is 11.4 Å². The van der Waals surface area contributed by atoms with Gasteiger partial charge >= 0.3 is 0 Å². The maximum Gasteiger partial charge on any atom is 0.180 e. The van der Waals surface area contributed by atoms with Crippen LogP contribution in [0.25, 0.3) is 0 Å². The van der Waals surface area contributed by atoms with Crippen LogP contribution in [0.2, 0.25) is 0 Å². The fraction of sp³-hybridized carbons (Fsp3) is 0.200. The highest BCUT2D eigenvalue weighted by Crippen LogP contribution is 2.37. The molecule has 2 aromatic carbocycles. The van der Waals surface area contributed by atoms with Gasteiger partial charge in [-0.15, -0.1) is 0 Å². The second kappa shape index (κ2) is 6.32. The molecule has 122 valence electrons. The third-order valence-electron chi connectivity index (χ3n) is 3.85. The normalized spacial score (nSPS) is 10.7. The fourth-order valence-corrected chi connectivity index (χ4v) is 3.07. The number of nitrogen functional groups attached to an aromatic ring is 1. The third kappa shape index (κ3) is 3.23. The molecule has 0 saturated carbocycles. The van der Waals surface area contributed by atoms with Crippen LogP contribution >= 0.6 is 0 Å². The number of aromatic nitrogens is 2. The van der Waals surface area contributed by atoms with E-state index in [4.69, 9.17) is 5.73 Å². The Bertz CT molecular complexity index is 795. The zero-order valence-corrected chi connectivity index (χ0v) is 14.5. The second-order valence-electron chi connectivity index (χ2n) is 6.29. The van der Waals surface area contributed by atoms with E-state index in [9.17, 15) is 0 Å². The van der Waals surface area contributed by atoms with Crippen molar-refractivity contribution in [2.75, 3.05) is 10.6 Å². The maximum absolute atomic E-state index is 6.13. The van der Waals surface area contributed by atoms with Gasteiger partial charge in [-0.25, -0.2) is 9.97 Å². The van der Waals surface area contributed by atoms with Crippen LogP contribution < -0.4 is 10.6 Å². The lowest BCUT2D eigenvalue weighted by molar-refractivity contribution is 1.12. The van der Waals surface area contributed by atoms with Crippen molar-refractivity contribution in [2.24, 2.45) is 0 Å². The van der Waals surface area contributed by atoms with Gasteiger partial charge in [-0.2, -0.15) is 0 Å². The SMILES string of the molecule is Cc1cc(C)cc(N(c2cc(C)cc(C)c2)c2nccnc2N)c1. The first kappa shape index (κ1) is 16.0. The summed E-state index contributed by atoms with van der Waals surface area (Å²) in [6, 6.07) is 12.9. The van der Waals surface area contributed by atoms with Crippen molar-refractivity contribution in [3.05, 3.63) is 71.0 Å². The highest BCUT2D eigenvalue weighted by molar-refractivity contribution is 5.80. The standard InChI is InChI=1S/C20H22N4/c1-13-7-14(2)10-17(9-13)24(20-19(21)22-5-6-23-20)18-11-15(3)8-16(4)12-18/h5-12H,1-4H3,(H2,21,22). The van der Waals surface area contributed by atoms with Crippen molar-refractivity contribution in [3.63, 3.8) is 0 Å². The van der Waals surface area contributed by atoms with E-state index >= 15 is 0 Å². The summed E-state index contributed by atoms with van der Waals surface area (Å²) in [5, 5.41) is 0. The predicted octanol–water partition coefficient (Wildman–Crippen LogP) is 4.76. The summed E-state index contributed by atoms with van der Waals surface area (Å²) in [4.78, 5) is 10.8. The van der Waals surface area contributed by atoms with Crippen molar-refractivity contribution in [2.45, 2.75) is 27.7 Å². The Balaban J connectivity index is 2.26. The Morgan fingerprint density at radius 2 is 1.08 bits per heavy atom. The molecule has 0 atom stereocenters. The summed E-state index contributed by atoms with van der Waals surface area (Å²) in [6.07, 6.45) is 3.28. The lowest BCUT2D eigenvalue weighted by Gasteiger charge is -2.26. The highest BCUT2D eigenvalue weighted by atomic mass is 15.2. The van der Waals surface area contributed by atoms with Gasteiger partial charge < -0.3 is 5.73 Å². The van der Waals surface area contributed by atoms with E-state index in [1.54, 1.807) is 12.4 Å². The smallest absolute Gasteiger partial charge is 0.180 e. The number of hydrogen-bond donors (Lipinski definition) is 1. The lowest BCUT2D eigenvalue weighted by Crippen LogP contribution is -2.15. The molecule has 0 aliphatic heterocycles. The predicted molar refractivity (Wildman–Crippen MR) is 100 cm³/mol. The Morgan fingerprint density at radius 1 is 0.667 bits per heavy atom. The Kier molecular flexibility index (Phi) is 4.21. The zero-order chi connectivity index (χ0) is 17.3. The van der Waals surface area contributed by atoms with Gasteiger partial charge in [-0.1, -0.05) is 12.1 Å². The van der Waals surface area contributed by atoms with Crippen LogP contribution in [-0.2, 0) is 0 Å². The molecule has 2 N–H and O–H groups in total. The minimum Gasteiger partial charge on any atom is -0.381 e. The molecule has 0 unspecified atom stereocenters. The van der Waals surface area contributed by atoms with E-state index in [0.29, 0.717) is 11.6 Å². The van der Waals surface area contributed by atoms with Crippen molar-refractivity contribution in [3.8, 4) is 0 Å². The van der Waals surface area contributed by atoms with E-state index < -0.39 is 0 Å². The van der Waals surface area contributed by atoms with Gasteiger partial charge in [0.15, 0.2) is 11.6 Å². The van der Waals surface area contributed by atoms with Gasteiger partial charge in [0.2, 0.25) is 0 Å². The average molecular weight is 318 g/mol. The van der Waals surface area contributed by atoms with E-state index in [1.165, 1.54) is 22.3 Å². The van der Waals surface area contributed by atoms with Crippen LogP contribution in [0, 0.1) is 27.7 Å². The maximum atomic E-state index is 6.13.